The molecule has 1 aliphatic heterocycles. The van der Waals surface area contributed by atoms with Crippen LogP contribution in [-0.2, 0) is 6.54 Å². The molecule has 0 amide bonds. The normalized spacial score (nSPS) is 24.4. The zero-order chi connectivity index (χ0) is 17.4. The summed E-state index contributed by atoms with van der Waals surface area (Å²) in [4.78, 5) is 4.72. The van der Waals surface area contributed by atoms with Gasteiger partial charge < -0.3 is 11.1 Å². The van der Waals surface area contributed by atoms with Crippen molar-refractivity contribution in [2.24, 2.45) is 22.6 Å². The van der Waals surface area contributed by atoms with Gasteiger partial charge in [0.25, 0.3) is 0 Å². The van der Waals surface area contributed by atoms with Crippen LogP contribution in [0.2, 0.25) is 5.02 Å². The van der Waals surface area contributed by atoms with Gasteiger partial charge in [-0.1, -0.05) is 43.1 Å². The summed E-state index contributed by atoms with van der Waals surface area (Å²) in [6.07, 6.45) is 3.64. The molecule has 4 heteroatoms. The molecule has 1 aliphatic carbocycles. The first kappa shape index (κ1) is 16.5. The Morgan fingerprint density at radius 3 is 2.88 bits per heavy atom. The summed E-state index contributed by atoms with van der Waals surface area (Å²) in [6.45, 7) is 3.03. The van der Waals surface area contributed by atoms with Crippen LogP contribution in [0.5, 0.6) is 0 Å². The summed E-state index contributed by atoms with van der Waals surface area (Å²) in [5, 5.41) is 4.23. The topological polar surface area (TPSA) is 50.4 Å². The monoisotopic (exact) mass is 353 g/mol. The zero-order valence-corrected chi connectivity index (χ0v) is 15.3. The maximum Gasteiger partial charge on any atom is 0.103 e. The Hall–Kier alpha value is -2.00. The maximum atomic E-state index is 6.30. The fourth-order valence-corrected chi connectivity index (χ4v) is 4.66. The molecule has 130 valence electrons. The number of hydrogen-bond donors (Lipinski definition) is 2. The average Bonchev–Trinajstić information content (AvgIpc) is 3.05. The molecule has 0 aromatic heterocycles. The Morgan fingerprint density at radius 1 is 1.20 bits per heavy atom. The van der Waals surface area contributed by atoms with Crippen LogP contribution in [0.3, 0.4) is 0 Å². The summed E-state index contributed by atoms with van der Waals surface area (Å²) in [7, 11) is 0. The van der Waals surface area contributed by atoms with E-state index >= 15 is 0 Å². The van der Waals surface area contributed by atoms with Crippen molar-refractivity contribution in [3.8, 4) is 0 Å². The first-order valence-electron chi connectivity index (χ1n) is 9.12. The van der Waals surface area contributed by atoms with E-state index in [4.69, 9.17) is 22.3 Å². The molecule has 2 aromatic carbocycles. The van der Waals surface area contributed by atoms with Gasteiger partial charge >= 0.3 is 0 Å². The van der Waals surface area contributed by atoms with Gasteiger partial charge in [0.15, 0.2) is 0 Å². The van der Waals surface area contributed by atoms with Crippen LogP contribution >= 0.6 is 11.6 Å². The molecule has 0 saturated heterocycles. The third kappa shape index (κ3) is 3.13. The number of anilines is 1. The molecule has 3 atom stereocenters. The van der Waals surface area contributed by atoms with E-state index < -0.39 is 0 Å². The van der Waals surface area contributed by atoms with Crippen molar-refractivity contribution in [2.45, 2.75) is 38.6 Å². The van der Waals surface area contributed by atoms with Gasteiger partial charge in [-0.25, -0.2) is 4.99 Å². The second kappa shape index (κ2) is 6.72. The van der Waals surface area contributed by atoms with Crippen LogP contribution in [-0.4, -0.2) is 5.84 Å². The van der Waals surface area contributed by atoms with Crippen LogP contribution in [0, 0.1) is 11.8 Å². The van der Waals surface area contributed by atoms with Gasteiger partial charge in [-0.05, 0) is 60.1 Å². The van der Waals surface area contributed by atoms with Gasteiger partial charge in [0, 0.05) is 23.2 Å². The standard InChI is InChI=1S/C21H24ClN3/c1-2-14-6-8-18-20(14)17-9-7-16(11-19(17)25-21(18)23)24-12-13-4-3-5-15(22)10-13/h3-5,7,9-11,14,18,20,24H,2,6,8,12H2,1H3,(H2,23,25). The number of nitrogens with one attached hydrogen (secondary N) is 1. The molecule has 25 heavy (non-hydrogen) atoms. The number of nitrogens with two attached hydrogens (primary N) is 1. The van der Waals surface area contributed by atoms with Crippen LogP contribution in [0.1, 0.15) is 43.2 Å². The highest BCUT2D eigenvalue weighted by atomic mass is 35.5. The summed E-state index contributed by atoms with van der Waals surface area (Å²) in [5.74, 6) is 2.52. The number of benzene rings is 2. The van der Waals surface area contributed by atoms with Gasteiger partial charge in [-0.3, -0.25) is 0 Å². The molecule has 1 heterocycles. The van der Waals surface area contributed by atoms with Crippen molar-refractivity contribution in [1.29, 1.82) is 0 Å². The van der Waals surface area contributed by atoms with Crippen LogP contribution < -0.4 is 11.1 Å². The summed E-state index contributed by atoms with van der Waals surface area (Å²) < 4.78 is 0. The molecular formula is C21H24ClN3. The molecule has 3 nitrogen and oxygen atoms in total. The number of rotatable bonds is 4. The van der Waals surface area contributed by atoms with E-state index in [0.29, 0.717) is 11.8 Å². The Balaban J connectivity index is 1.57. The van der Waals surface area contributed by atoms with Crippen molar-refractivity contribution in [3.63, 3.8) is 0 Å². The minimum atomic E-state index is 0.433. The highest BCUT2D eigenvalue weighted by molar-refractivity contribution is 6.30. The van der Waals surface area contributed by atoms with Crippen molar-refractivity contribution in [3.05, 3.63) is 58.6 Å². The number of fused-ring (bicyclic) bond motifs is 3. The summed E-state index contributed by atoms with van der Waals surface area (Å²) in [6, 6.07) is 14.5. The fourth-order valence-electron chi connectivity index (χ4n) is 4.45. The lowest BCUT2D eigenvalue weighted by Crippen LogP contribution is -2.30. The molecular weight excluding hydrogens is 330 g/mol. The van der Waals surface area contributed by atoms with E-state index in [2.05, 4.69) is 36.5 Å². The van der Waals surface area contributed by atoms with Crippen molar-refractivity contribution >= 4 is 28.8 Å². The van der Waals surface area contributed by atoms with Crippen LogP contribution in [0.25, 0.3) is 0 Å². The van der Waals surface area contributed by atoms with Gasteiger partial charge in [-0.2, -0.15) is 0 Å². The van der Waals surface area contributed by atoms with E-state index in [9.17, 15) is 0 Å². The van der Waals surface area contributed by atoms with Crippen LogP contribution in [0.4, 0.5) is 11.4 Å². The van der Waals surface area contributed by atoms with E-state index in [1.165, 1.54) is 24.8 Å². The third-order valence-electron chi connectivity index (χ3n) is 5.72. The molecule has 1 saturated carbocycles. The van der Waals surface area contributed by atoms with Crippen molar-refractivity contribution in [2.75, 3.05) is 5.32 Å². The molecule has 1 fully saturated rings. The molecule has 3 N–H and O–H groups in total. The van der Waals surface area contributed by atoms with Gasteiger partial charge in [0.1, 0.15) is 5.84 Å². The number of nitrogens with zero attached hydrogens (tertiary/aromatic N) is 1. The molecule has 0 radical (unpaired) electrons. The first-order valence-corrected chi connectivity index (χ1v) is 9.50. The van der Waals surface area contributed by atoms with E-state index in [-0.39, 0.29) is 0 Å². The summed E-state index contributed by atoms with van der Waals surface area (Å²) in [5.41, 5.74) is 10.9. The minimum absolute atomic E-state index is 0.433. The smallest absolute Gasteiger partial charge is 0.103 e. The predicted octanol–water partition coefficient (Wildman–Crippen LogP) is 5.47. The second-order valence-corrected chi connectivity index (χ2v) is 7.61. The Labute approximate surface area is 154 Å². The molecule has 0 spiro atoms. The van der Waals surface area contributed by atoms with Gasteiger partial charge in [-0.15, -0.1) is 0 Å². The van der Waals surface area contributed by atoms with Gasteiger partial charge in [0.05, 0.1) is 5.69 Å². The highest BCUT2D eigenvalue weighted by Crippen LogP contribution is 2.51. The van der Waals surface area contributed by atoms with Gasteiger partial charge in [0.2, 0.25) is 0 Å². The lowest BCUT2D eigenvalue weighted by atomic mass is 9.79. The molecule has 3 unspecified atom stereocenters. The fraction of sp³-hybridized carbons (Fsp3) is 0.381. The Bertz CT molecular complexity index is 815. The van der Waals surface area contributed by atoms with E-state index in [1.807, 2.05) is 18.2 Å². The molecule has 0 bridgehead atoms. The van der Waals surface area contributed by atoms with E-state index in [0.717, 1.165) is 40.3 Å². The van der Waals surface area contributed by atoms with E-state index in [1.54, 1.807) is 0 Å². The quantitative estimate of drug-likeness (QED) is 0.765. The number of hydrogen-bond acceptors (Lipinski definition) is 3. The summed E-state index contributed by atoms with van der Waals surface area (Å²) >= 11 is 6.06. The second-order valence-electron chi connectivity index (χ2n) is 7.17. The number of aliphatic imine (C=N–C) groups is 1. The SMILES string of the molecule is CCC1CCC2C(N)=Nc3cc(NCc4cccc(Cl)c4)ccc3C12. The van der Waals surface area contributed by atoms with Crippen molar-refractivity contribution in [1.82, 2.24) is 0 Å². The zero-order valence-electron chi connectivity index (χ0n) is 14.5. The first-order chi connectivity index (χ1) is 12.2. The average molecular weight is 354 g/mol. The molecule has 2 aromatic rings. The number of amidine groups is 1. The number of halogens is 1. The highest BCUT2D eigenvalue weighted by Gasteiger charge is 2.41. The lowest BCUT2D eigenvalue weighted by molar-refractivity contribution is 0.446. The third-order valence-corrected chi connectivity index (χ3v) is 5.95. The lowest BCUT2D eigenvalue weighted by Gasteiger charge is -2.30. The minimum Gasteiger partial charge on any atom is -0.387 e. The van der Waals surface area contributed by atoms with Crippen molar-refractivity contribution < 1.29 is 0 Å². The van der Waals surface area contributed by atoms with Crippen LogP contribution in [0.15, 0.2) is 47.5 Å². The Kier molecular flexibility index (Phi) is 4.43. The largest absolute Gasteiger partial charge is 0.387 e. The molecule has 4 rings (SSSR count). The maximum absolute atomic E-state index is 6.30. The Morgan fingerprint density at radius 2 is 2.08 bits per heavy atom. The predicted molar refractivity (Wildman–Crippen MR) is 106 cm³/mol. The molecule has 2 aliphatic rings.